The molecule has 3 fully saturated rings. The highest BCUT2D eigenvalue weighted by molar-refractivity contribution is 5.80. The normalized spacial score (nSPS) is 27.2. The average Bonchev–Trinajstić information content (AvgIpc) is 3.38. The monoisotopic (exact) mass is 348 g/mol. The first-order valence-corrected chi connectivity index (χ1v) is 9.54. The smallest absolute Gasteiger partial charge is 0.228 e. The lowest BCUT2D eigenvalue weighted by molar-refractivity contribution is -0.186. The number of furan rings is 1. The third kappa shape index (κ3) is 3.35. The number of carbonyl (C=O) groups is 1. The Labute approximate surface area is 148 Å². The second-order valence-electron chi connectivity index (χ2n) is 7.41. The molecule has 6 heteroatoms. The Kier molecular flexibility index (Phi) is 4.84. The Balaban J connectivity index is 1.43. The molecule has 6 nitrogen and oxygen atoms in total. The standard InChI is InChI=1S/C19H28N2O4/c1-14-6-7-17(25-14)16(21-9-2-3-10-21)13-20-18(22)15-5-4-8-19(15)23-11-12-24-19/h6-7,15-16H,2-5,8-13H2,1H3,(H,20,22)/t15-,16+/m0/s1. The first kappa shape index (κ1) is 17.1. The molecule has 0 radical (unpaired) electrons. The summed E-state index contributed by atoms with van der Waals surface area (Å²) in [5, 5.41) is 3.16. The van der Waals surface area contributed by atoms with Crippen molar-refractivity contribution in [1.82, 2.24) is 10.2 Å². The van der Waals surface area contributed by atoms with E-state index in [-0.39, 0.29) is 17.9 Å². The van der Waals surface area contributed by atoms with E-state index in [2.05, 4.69) is 10.2 Å². The minimum absolute atomic E-state index is 0.0480. The Morgan fingerprint density at radius 1 is 1.28 bits per heavy atom. The highest BCUT2D eigenvalue weighted by atomic mass is 16.7. The van der Waals surface area contributed by atoms with Crippen LogP contribution in [0.2, 0.25) is 0 Å². The lowest BCUT2D eigenvalue weighted by Crippen LogP contribution is -2.46. The van der Waals surface area contributed by atoms with Crippen LogP contribution in [0, 0.1) is 12.8 Å². The van der Waals surface area contributed by atoms with Gasteiger partial charge >= 0.3 is 0 Å². The highest BCUT2D eigenvalue weighted by Crippen LogP contribution is 2.42. The molecule has 2 aliphatic heterocycles. The molecule has 2 saturated heterocycles. The molecular formula is C19H28N2O4. The van der Waals surface area contributed by atoms with Gasteiger partial charge in [-0.2, -0.15) is 0 Å². The zero-order valence-corrected chi connectivity index (χ0v) is 15.0. The summed E-state index contributed by atoms with van der Waals surface area (Å²) < 4.78 is 17.5. The summed E-state index contributed by atoms with van der Waals surface area (Å²) in [7, 11) is 0. The molecule has 1 aromatic heterocycles. The molecule has 25 heavy (non-hydrogen) atoms. The molecule has 2 atom stereocenters. The molecular weight excluding hydrogens is 320 g/mol. The highest BCUT2D eigenvalue weighted by Gasteiger charge is 2.51. The van der Waals surface area contributed by atoms with Crippen LogP contribution in [0.25, 0.3) is 0 Å². The summed E-state index contributed by atoms with van der Waals surface area (Å²) in [5.74, 6) is 1.02. The van der Waals surface area contributed by atoms with Crippen LogP contribution in [0.5, 0.6) is 0 Å². The third-order valence-electron chi connectivity index (χ3n) is 5.78. The SMILES string of the molecule is Cc1ccc([C@@H](CNC(=O)[C@@H]2CCCC23OCCO3)N2CCCC2)o1. The number of aryl methyl sites for hydroxylation is 1. The number of carbonyl (C=O) groups excluding carboxylic acids is 1. The summed E-state index contributed by atoms with van der Waals surface area (Å²) in [6.07, 6.45) is 5.04. The van der Waals surface area contributed by atoms with Gasteiger partial charge < -0.3 is 19.2 Å². The van der Waals surface area contributed by atoms with Crippen molar-refractivity contribution in [1.29, 1.82) is 0 Å². The Bertz CT molecular complexity index is 597. The Morgan fingerprint density at radius 2 is 2.04 bits per heavy atom. The van der Waals surface area contributed by atoms with Gasteiger partial charge in [-0.25, -0.2) is 0 Å². The van der Waals surface area contributed by atoms with E-state index in [4.69, 9.17) is 13.9 Å². The minimum atomic E-state index is -0.672. The molecule has 1 saturated carbocycles. The van der Waals surface area contributed by atoms with Crippen LogP contribution in [0.3, 0.4) is 0 Å². The van der Waals surface area contributed by atoms with Crippen molar-refractivity contribution in [2.45, 2.75) is 50.9 Å². The van der Waals surface area contributed by atoms with Crippen molar-refractivity contribution in [3.05, 3.63) is 23.7 Å². The molecule has 0 aromatic carbocycles. The zero-order chi connectivity index (χ0) is 17.3. The lowest BCUT2D eigenvalue weighted by atomic mass is 10.0. The molecule has 0 bridgehead atoms. The largest absolute Gasteiger partial charge is 0.465 e. The van der Waals surface area contributed by atoms with E-state index in [1.165, 1.54) is 12.8 Å². The third-order valence-corrected chi connectivity index (χ3v) is 5.78. The molecule has 1 aromatic rings. The average molecular weight is 348 g/mol. The van der Waals surface area contributed by atoms with Crippen molar-refractivity contribution in [2.24, 2.45) is 5.92 Å². The van der Waals surface area contributed by atoms with Crippen molar-refractivity contribution in [3.63, 3.8) is 0 Å². The predicted octanol–water partition coefficient (Wildman–Crippen LogP) is 2.38. The van der Waals surface area contributed by atoms with Gasteiger partial charge in [0.05, 0.1) is 25.2 Å². The molecule has 1 amide bonds. The maximum Gasteiger partial charge on any atom is 0.228 e. The number of hydrogen-bond acceptors (Lipinski definition) is 5. The number of likely N-dealkylation sites (tertiary alicyclic amines) is 1. The molecule has 138 valence electrons. The predicted molar refractivity (Wildman–Crippen MR) is 92.0 cm³/mol. The summed E-state index contributed by atoms with van der Waals surface area (Å²) in [5.41, 5.74) is 0. The zero-order valence-electron chi connectivity index (χ0n) is 15.0. The van der Waals surface area contributed by atoms with Crippen molar-refractivity contribution >= 4 is 5.91 Å². The van der Waals surface area contributed by atoms with Gasteiger partial charge in [0.1, 0.15) is 11.5 Å². The fourth-order valence-corrected chi connectivity index (χ4v) is 4.51. The van der Waals surface area contributed by atoms with Crippen LogP contribution in [0.4, 0.5) is 0 Å². The van der Waals surface area contributed by atoms with E-state index in [0.717, 1.165) is 43.9 Å². The maximum atomic E-state index is 12.8. The van der Waals surface area contributed by atoms with Gasteiger partial charge in [-0.15, -0.1) is 0 Å². The van der Waals surface area contributed by atoms with E-state index in [9.17, 15) is 4.79 Å². The minimum Gasteiger partial charge on any atom is -0.465 e. The number of nitrogens with zero attached hydrogens (tertiary/aromatic N) is 1. The number of ether oxygens (including phenoxy) is 2. The van der Waals surface area contributed by atoms with Crippen LogP contribution >= 0.6 is 0 Å². The molecule has 1 N–H and O–H groups in total. The second-order valence-corrected chi connectivity index (χ2v) is 7.41. The molecule has 0 unspecified atom stereocenters. The molecule has 3 heterocycles. The fraction of sp³-hybridized carbons (Fsp3) is 0.737. The van der Waals surface area contributed by atoms with Crippen LogP contribution in [0.15, 0.2) is 16.5 Å². The number of hydrogen-bond donors (Lipinski definition) is 1. The molecule has 3 aliphatic rings. The topological polar surface area (TPSA) is 63.9 Å². The molecule has 1 aliphatic carbocycles. The van der Waals surface area contributed by atoms with E-state index >= 15 is 0 Å². The van der Waals surface area contributed by atoms with Gasteiger partial charge in [-0.05, 0) is 57.8 Å². The summed E-state index contributed by atoms with van der Waals surface area (Å²) in [6, 6.07) is 4.12. The first-order valence-electron chi connectivity index (χ1n) is 9.54. The van der Waals surface area contributed by atoms with Crippen molar-refractivity contribution in [2.75, 3.05) is 32.8 Å². The number of amides is 1. The molecule has 4 rings (SSSR count). The van der Waals surface area contributed by atoms with E-state index in [1.54, 1.807) is 0 Å². The van der Waals surface area contributed by atoms with Crippen LogP contribution < -0.4 is 5.32 Å². The summed E-state index contributed by atoms with van der Waals surface area (Å²) >= 11 is 0. The van der Waals surface area contributed by atoms with Gasteiger partial charge in [0, 0.05) is 13.0 Å². The van der Waals surface area contributed by atoms with Gasteiger partial charge in [-0.1, -0.05) is 0 Å². The van der Waals surface area contributed by atoms with E-state index in [0.29, 0.717) is 19.8 Å². The number of nitrogens with one attached hydrogen (secondary N) is 1. The maximum absolute atomic E-state index is 12.8. The lowest BCUT2D eigenvalue weighted by Gasteiger charge is -2.30. The Morgan fingerprint density at radius 3 is 2.72 bits per heavy atom. The second kappa shape index (κ2) is 7.09. The van der Waals surface area contributed by atoms with Gasteiger partial charge in [0.15, 0.2) is 5.79 Å². The van der Waals surface area contributed by atoms with Gasteiger partial charge in [0.25, 0.3) is 0 Å². The fourth-order valence-electron chi connectivity index (χ4n) is 4.51. The first-order chi connectivity index (χ1) is 12.2. The van der Waals surface area contributed by atoms with E-state index in [1.807, 2.05) is 19.1 Å². The van der Waals surface area contributed by atoms with Gasteiger partial charge in [-0.3, -0.25) is 9.69 Å². The Hall–Kier alpha value is -1.37. The summed E-state index contributed by atoms with van der Waals surface area (Å²) in [4.78, 5) is 15.3. The number of rotatable bonds is 5. The van der Waals surface area contributed by atoms with Gasteiger partial charge in [0.2, 0.25) is 5.91 Å². The van der Waals surface area contributed by atoms with Crippen molar-refractivity contribution < 1.29 is 18.7 Å². The van der Waals surface area contributed by atoms with Crippen molar-refractivity contribution in [3.8, 4) is 0 Å². The van der Waals surface area contributed by atoms with Crippen LogP contribution in [-0.2, 0) is 14.3 Å². The molecule has 1 spiro atoms. The summed E-state index contributed by atoms with van der Waals surface area (Å²) in [6.45, 7) is 5.82. The quantitative estimate of drug-likeness (QED) is 0.885. The van der Waals surface area contributed by atoms with Crippen LogP contribution in [0.1, 0.15) is 49.7 Å². The van der Waals surface area contributed by atoms with Crippen LogP contribution in [-0.4, -0.2) is 49.4 Å². The van der Waals surface area contributed by atoms with E-state index < -0.39 is 5.79 Å².